The zero-order valence-electron chi connectivity index (χ0n) is 16.9. The summed E-state index contributed by atoms with van der Waals surface area (Å²) in [7, 11) is -3.72. The van der Waals surface area contributed by atoms with Crippen molar-refractivity contribution in [3.8, 4) is 0 Å². The van der Waals surface area contributed by atoms with Crippen molar-refractivity contribution in [2.45, 2.75) is 51.0 Å². The minimum atomic E-state index is -3.72. The third-order valence-corrected chi connectivity index (χ3v) is 6.65. The van der Waals surface area contributed by atoms with Gasteiger partial charge in [0, 0.05) is 30.1 Å². The Labute approximate surface area is 176 Å². The van der Waals surface area contributed by atoms with Crippen LogP contribution in [0, 0.1) is 5.92 Å². The van der Waals surface area contributed by atoms with Crippen LogP contribution in [0.2, 0.25) is 5.15 Å². The summed E-state index contributed by atoms with van der Waals surface area (Å²) in [4.78, 5) is 16.5. The molecular weight excluding hydrogens is 412 g/mol. The van der Waals surface area contributed by atoms with Crippen LogP contribution in [0.25, 0.3) is 10.8 Å². The number of aromatic nitrogens is 1. The predicted molar refractivity (Wildman–Crippen MR) is 115 cm³/mol. The van der Waals surface area contributed by atoms with E-state index >= 15 is 0 Å². The fourth-order valence-electron chi connectivity index (χ4n) is 3.69. The van der Waals surface area contributed by atoms with Crippen molar-refractivity contribution in [3.63, 3.8) is 0 Å². The van der Waals surface area contributed by atoms with Crippen LogP contribution in [0.4, 0.5) is 4.79 Å². The van der Waals surface area contributed by atoms with E-state index in [4.69, 9.17) is 11.6 Å². The van der Waals surface area contributed by atoms with E-state index in [0.717, 1.165) is 30.4 Å². The molecule has 158 valence electrons. The van der Waals surface area contributed by atoms with Gasteiger partial charge in [-0.1, -0.05) is 25.4 Å². The van der Waals surface area contributed by atoms with Crippen LogP contribution in [-0.4, -0.2) is 32.5 Å². The van der Waals surface area contributed by atoms with Gasteiger partial charge in [-0.2, -0.15) is 0 Å². The quantitative estimate of drug-likeness (QED) is 0.600. The third kappa shape index (κ3) is 4.82. The molecule has 0 saturated carbocycles. The van der Waals surface area contributed by atoms with Gasteiger partial charge in [0.05, 0.1) is 10.9 Å². The smallest absolute Gasteiger partial charge is 0.315 e. The first-order valence-corrected chi connectivity index (χ1v) is 11.7. The second kappa shape index (κ2) is 8.85. The summed E-state index contributed by atoms with van der Waals surface area (Å²) >= 11 is 6.11. The van der Waals surface area contributed by atoms with Gasteiger partial charge in [0.25, 0.3) is 0 Å². The van der Waals surface area contributed by atoms with E-state index in [0.29, 0.717) is 23.9 Å². The molecule has 29 heavy (non-hydrogen) atoms. The van der Waals surface area contributed by atoms with Crippen molar-refractivity contribution in [2.24, 2.45) is 5.92 Å². The number of pyridine rings is 1. The van der Waals surface area contributed by atoms with Gasteiger partial charge in [0.15, 0.2) is 0 Å². The van der Waals surface area contributed by atoms with Crippen molar-refractivity contribution in [1.82, 2.24) is 20.3 Å². The van der Waals surface area contributed by atoms with E-state index in [1.165, 1.54) is 0 Å². The summed E-state index contributed by atoms with van der Waals surface area (Å²) in [5.41, 5.74) is 1.84. The van der Waals surface area contributed by atoms with E-state index in [1.54, 1.807) is 18.3 Å². The van der Waals surface area contributed by atoms with Crippen molar-refractivity contribution in [2.75, 3.05) is 13.1 Å². The number of amides is 2. The van der Waals surface area contributed by atoms with Crippen LogP contribution in [0.5, 0.6) is 0 Å². The van der Waals surface area contributed by atoms with Gasteiger partial charge in [0.1, 0.15) is 5.15 Å². The summed E-state index contributed by atoms with van der Waals surface area (Å²) in [6.07, 6.45) is 3.99. The van der Waals surface area contributed by atoms with E-state index in [2.05, 4.69) is 20.3 Å². The van der Waals surface area contributed by atoms with Gasteiger partial charge in [-0.05, 0) is 55.4 Å². The average Bonchev–Trinajstić information content (AvgIpc) is 2.66. The summed E-state index contributed by atoms with van der Waals surface area (Å²) in [5, 5.41) is 7.21. The van der Waals surface area contributed by atoms with Gasteiger partial charge in [0.2, 0.25) is 10.0 Å². The van der Waals surface area contributed by atoms with Crippen molar-refractivity contribution >= 4 is 38.4 Å². The molecule has 0 aliphatic heterocycles. The molecule has 7 nitrogen and oxygen atoms in total. The first kappa shape index (κ1) is 21.8. The molecule has 0 radical (unpaired) electrons. The number of fused-ring (bicyclic) bond motifs is 3. The Bertz CT molecular complexity index is 1020. The number of halogens is 1. The molecule has 1 atom stereocenters. The minimum Gasteiger partial charge on any atom is -0.338 e. The van der Waals surface area contributed by atoms with Crippen LogP contribution in [0.1, 0.15) is 50.8 Å². The molecule has 0 bridgehead atoms. The molecule has 2 amide bonds. The van der Waals surface area contributed by atoms with Gasteiger partial charge in [-0.3, -0.25) is 0 Å². The number of hydrogen-bond acceptors (Lipinski definition) is 4. The Hall–Kier alpha value is -1.90. The molecule has 1 aliphatic carbocycles. The van der Waals surface area contributed by atoms with Crippen molar-refractivity contribution in [3.05, 3.63) is 34.6 Å². The van der Waals surface area contributed by atoms with Crippen molar-refractivity contribution in [1.29, 1.82) is 0 Å². The first-order valence-electron chi connectivity index (χ1n) is 9.88. The molecule has 9 heteroatoms. The maximum Gasteiger partial charge on any atom is 0.315 e. The lowest BCUT2D eigenvalue weighted by molar-refractivity contribution is 0.236. The molecule has 1 aromatic carbocycles. The predicted octanol–water partition coefficient (Wildman–Crippen LogP) is 3.52. The molecule has 3 N–H and O–H groups in total. The molecule has 2 aromatic rings. The molecule has 1 aromatic heterocycles. The second-order valence-corrected chi connectivity index (χ2v) is 9.82. The maximum absolute atomic E-state index is 13.0. The highest BCUT2D eigenvalue weighted by Crippen LogP contribution is 2.39. The molecule has 0 fully saturated rings. The van der Waals surface area contributed by atoms with Crippen LogP contribution in [-0.2, 0) is 16.4 Å². The largest absolute Gasteiger partial charge is 0.338 e. The molecule has 1 unspecified atom stereocenters. The standard InChI is InChI=1S/C20H27ClN4O3S/c1-4-22-20(26)25-16-7-5-6-13-8-17(29(27,28)24-10-12(2)3)14-9-18(21)23-11-15(14)19(13)16/h8-9,11-12,16,24H,4-7,10H2,1-3H3,(H2,22,25,26). The molecule has 1 heterocycles. The highest BCUT2D eigenvalue weighted by molar-refractivity contribution is 7.89. The maximum atomic E-state index is 13.0. The minimum absolute atomic E-state index is 0.185. The SMILES string of the molecule is CCNC(=O)NC1CCCc2cc(S(=O)(=O)NCC(C)C)c3cc(Cl)ncc3c21. The summed E-state index contributed by atoms with van der Waals surface area (Å²) in [5.74, 6) is 0.185. The molecule has 1 aliphatic rings. The lowest BCUT2D eigenvalue weighted by Gasteiger charge is -2.29. The van der Waals surface area contributed by atoms with Crippen molar-refractivity contribution < 1.29 is 13.2 Å². The Morgan fingerprint density at radius 3 is 2.76 bits per heavy atom. The van der Waals surface area contributed by atoms with Gasteiger partial charge in [-0.25, -0.2) is 22.9 Å². The Balaban J connectivity index is 2.15. The molecular formula is C20H27ClN4O3S. The van der Waals surface area contributed by atoms with Crippen LogP contribution in [0.15, 0.2) is 23.2 Å². The third-order valence-electron chi connectivity index (χ3n) is 4.98. The van der Waals surface area contributed by atoms with Gasteiger partial charge in [-0.15, -0.1) is 0 Å². The van der Waals surface area contributed by atoms with E-state index in [9.17, 15) is 13.2 Å². The fraction of sp³-hybridized carbons (Fsp3) is 0.500. The van der Waals surface area contributed by atoms with Crippen LogP contribution < -0.4 is 15.4 Å². The van der Waals surface area contributed by atoms with Crippen LogP contribution in [0.3, 0.4) is 0 Å². The number of sulfonamides is 1. The number of benzene rings is 1. The topological polar surface area (TPSA) is 100 Å². The number of rotatable bonds is 6. The number of hydrogen-bond donors (Lipinski definition) is 3. The Morgan fingerprint density at radius 2 is 2.07 bits per heavy atom. The Morgan fingerprint density at radius 1 is 1.31 bits per heavy atom. The number of aryl methyl sites for hydroxylation is 1. The van der Waals surface area contributed by atoms with Gasteiger partial charge >= 0.3 is 6.03 Å². The summed E-state index contributed by atoms with van der Waals surface area (Å²) in [6, 6.07) is 2.85. The molecule has 0 spiro atoms. The van der Waals surface area contributed by atoms with E-state index in [1.807, 2.05) is 20.8 Å². The van der Waals surface area contributed by atoms with Crippen LogP contribution >= 0.6 is 11.6 Å². The fourth-order valence-corrected chi connectivity index (χ4v) is 5.31. The molecule has 0 saturated heterocycles. The number of carbonyl (C=O) groups excluding carboxylic acids is 1. The average molecular weight is 439 g/mol. The number of nitrogens with zero attached hydrogens (tertiary/aromatic N) is 1. The lowest BCUT2D eigenvalue weighted by atomic mass is 9.84. The normalized spacial score (nSPS) is 16.7. The van der Waals surface area contributed by atoms with E-state index < -0.39 is 10.0 Å². The highest BCUT2D eigenvalue weighted by atomic mass is 35.5. The Kier molecular flexibility index (Phi) is 6.65. The lowest BCUT2D eigenvalue weighted by Crippen LogP contribution is -2.39. The zero-order chi connectivity index (χ0) is 21.2. The number of carbonyl (C=O) groups is 1. The summed E-state index contributed by atoms with van der Waals surface area (Å²) < 4.78 is 28.8. The second-order valence-electron chi connectivity index (χ2n) is 7.69. The number of urea groups is 1. The monoisotopic (exact) mass is 438 g/mol. The number of nitrogens with one attached hydrogen (secondary N) is 3. The molecule has 3 rings (SSSR count). The van der Waals surface area contributed by atoms with E-state index in [-0.39, 0.29) is 28.0 Å². The summed E-state index contributed by atoms with van der Waals surface area (Å²) in [6.45, 7) is 6.64. The zero-order valence-corrected chi connectivity index (χ0v) is 18.5. The highest BCUT2D eigenvalue weighted by Gasteiger charge is 2.28. The first-order chi connectivity index (χ1) is 13.7. The van der Waals surface area contributed by atoms with Gasteiger partial charge < -0.3 is 10.6 Å².